The van der Waals surface area contributed by atoms with Gasteiger partial charge in [-0.15, -0.1) is 0 Å². The lowest BCUT2D eigenvalue weighted by molar-refractivity contribution is -0.117. The van der Waals surface area contributed by atoms with Crippen LogP contribution in [0.1, 0.15) is 39.2 Å². The fourth-order valence-electron chi connectivity index (χ4n) is 2.59. The van der Waals surface area contributed by atoms with Crippen LogP contribution in [0.3, 0.4) is 0 Å². The van der Waals surface area contributed by atoms with Crippen molar-refractivity contribution in [3.63, 3.8) is 0 Å². The van der Waals surface area contributed by atoms with E-state index >= 15 is 0 Å². The molecule has 1 heterocycles. The molecule has 0 radical (unpaired) electrons. The average Bonchev–Trinajstić information content (AvgIpc) is 2.55. The number of likely N-dealkylation sites (tertiary alicyclic amines) is 1. The van der Waals surface area contributed by atoms with Gasteiger partial charge in [0.15, 0.2) is 0 Å². The second kappa shape index (κ2) is 8.66. The summed E-state index contributed by atoms with van der Waals surface area (Å²) in [5.41, 5.74) is -0.177. The number of carbonyl (C=O) groups excluding carboxylic acids is 2. The first-order valence-corrected chi connectivity index (χ1v) is 9.35. The van der Waals surface area contributed by atoms with Gasteiger partial charge in [-0.3, -0.25) is 4.79 Å². The highest BCUT2D eigenvalue weighted by atomic mass is 79.9. The van der Waals surface area contributed by atoms with Gasteiger partial charge in [-0.05, 0) is 57.9 Å². The molecule has 1 aromatic carbocycles. The van der Waals surface area contributed by atoms with E-state index < -0.39 is 5.60 Å². The summed E-state index contributed by atoms with van der Waals surface area (Å²) in [6, 6.07) is 4.54. The minimum Gasteiger partial charge on any atom is -0.444 e. The van der Waals surface area contributed by atoms with Crippen LogP contribution < -0.4 is 5.32 Å². The number of piperidine rings is 1. The van der Waals surface area contributed by atoms with Gasteiger partial charge in [0, 0.05) is 35.2 Å². The predicted octanol–water partition coefficient (Wildman–Crippen LogP) is 4.12. The van der Waals surface area contributed by atoms with Crippen LogP contribution in [0, 0.1) is 5.82 Å². The van der Waals surface area contributed by atoms with E-state index in [2.05, 4.69) is 21.2 Å². The number of hydrogen-bond acceptors (Lipinski definition) is 3. The monoisotopic (exact) mass is 426 g/mol. The van der Waals surface area contributed by atoms with Gasteiger partial charge >= 0.3 is 6.09 Å². The van der Waals surface area contributed by atoms with E-state index in [1.165, 1.54) is 18.2 Å². The lowest BCUT2D eigenvalue weighted by Crippen LogP contribution is -2.47. The second-order valence-corrected chi connectivity index (χ2v) is 8.17. The van der Waals surface area contributed by atoms with E-state index in [0.29, 0.717) is 31.5 Å². The van der Waals surface area contributed by atoms with Crippen molar-refractivity contribution in [3.8, 4) is 0 Å². The summed E-state index contributed by atoms with van der Waals surface area (Å²) in [7, 11) is 0. The van der Waals surface area contributed by atoms with Crippen LogP contribution in [0.2, 0.25) is 0 Å². The molecular formula is C19H24BrFN2O3. The number of ether oxygens (including phenoxy) is 1. The van der Waals surface area contributed by atoms with Crippen molar-refractivity contribution in [3.05, 3.63) is 40.1 Å². The maximum Gasteiger partial charge on any atom is 0.410 e. The molecule has 1 fully saturated rings. The molecule has 7 heteroatoms. The van der Waals surface area contributed by atoms with Crippen LogP contribution in [-0.2, 0) is 9.53 Å². The first-order valence-electron chi connectivity index (χ1n) is 8.55. The molecule has 1 N–H and O–H groups in total. The molecule has 0 atom stereocenters. The van der Waals surface area contributed by atoms with E-state index in [1.54, 1.807) is 17.0 Å². The van der Waals surface area contributed by atoms with Crippen LogP contribution in [0.5, 0.6) is 0 Å². The highest BCUT2D eigenvalue weighted by Gasteiger charge is 2.27. The topological polar surface area (TPSA) is 58.6 Å². The quantitative estimate of drug-likeness (QED) is 0.739. The molecular weight excluding hydrogens is 403 g/mol. The Labute approximate surface area is 161 Å². The molecule has 0 spiro atoms. The Morgan fingerprint density at radius 3 is 2.58 bits per heavy atom. The summed E-state index contributed by atoms with van der Waals surface area (Å²) < 4.78 is 19.8. The molecule has 2 amide bonds. The summed E-state index contributed by atoms with van der Waals surface area (Å²) in [5.74, 6) is -0.664. The van der Waals surface area contributed by atoms with Crippen LogP contribution >= 0.6 is 15.9 Å². The van der Waals surface area contributed by atoms with Crippen molar-refractivity contribution in [1.82, 2.24) is 10.2 Å². The average molecular weight is 427 g/mol. The minimum atomic E-state index is -0.519. The zero-order valence-electron chi connectivity index (χ0n) is 15.2. The molecule has 2 rings (SSSR count). The fraction of sp³-hybridized carbons (Fsp3) is 0.474. The van der Waals surface area contributed by atoms with Gasteiger partial charge in [0.2, 0.25) is 5.91 Å². The van der Waals surface area contributed by atoms with Crippen LogP contribution in [0.25, 0.3) is 6.08 Å². The highest BCUT2D eigenvalue weighted by Crippen LogP contribution is 2.17. The number of carbonyl (C=O) groups is 2. The van der Waals surface area contributed by atoms with Crippen molar-refractivity contribution >= 4 is 34.0 Å². The van der Waals surface area contributed by atoms with Crippen molar-refractivity contribution < 1.29 is 18.7 Å². The molecule has 26 heavy (non-hydrogen) atoms. The standard InChI is InChI=1S/C19H24BrFN2O3/c1-19(2,3)26-18(25)23-10-8-15(9-11-23)22-17(24)7-4-13-12-14(20)5-6-16(13)21/h4-7,12,15H,8-11H2,1-3H3,(H,22,24). The van der Waals surface area contributed by atoms with E-state index in [9.17, 15) is 14.0 Å². The fourth-order valence-corrected chi connectivity index (χ4v) is 2.97. The van der Waals surface area contributed by atoms with E-state index in [1.807, 2.05) is 20.8 Å². The third kappa shape index (κ3) is 6.44. The summed E-state index contributed by atoms with van der Waals surface area (Å²) in [4.78, 5) is 25.7. The Morgan fingerprint density at radius 1 is 1.31 bits per heavy atom. The SMILES string of the molecule is CC(C)(C)OC(=O)N1CCC(NC(=O)C=Cc2cc(Br)ccc2F)CC1. The molecule has 0 saturated carbocycles. The minimum absolute atomic E-state index is 0.0156. The molecule has 1 aliphatic heterocycles. The normalized spacial score (nSPS) is 16.0. The van der Waals surface area contributed by atoms with Gasteiger partial charge in [-0.25, -0.2) is 9.18 Å². The van der Waals surface area contributed by atoms with Crippen molar-refractivity contribution in [2.24, 2.45) is 0 Å². The van der Waals surface area contributed by atoms with Crippen LogP contribution in [-0.4, -0.2) is 41.6 Å². The van der Waals surface area contributed by atoms with Gasteiger partial charge in [-0.2, -0.15) is 0 Å². The number of amides is 2. The number of halogens is 2. The molecule has 0 bridgehead atoms. The summed E-state index contributed by atoms with van der Waals surface area (Å²) in [5, 5.41) is 2.89. The molecule has 0 aliphatic carbocycles. The largest absolute Gasteiger partial charge is 0.444 e. The number of rotatable bonds is 3. The molecule has 0 aromatic heterocycles. The Balaban J connectivity index is 1.82. The van der Waals surface area contributed by atoms with Crippen LogP contribution in [0.4, 0.5) is 9.18 Å². The number of nitrogens with one attached hydrogen (secondary N) is 1. The molecule has 1 aromatic rings. The number of hydrogen-bond donors (Lipinski definition) is 1. The maximum absolute atomic E-state index is 13.7. The zero-order chi connectivity index (χ0) is 19.3. The molecule has 5 nitrogen and oxygen atoms in total. The molecule has 1 aliphatic rings. The Hall–Kier alpha value is -1.89. The van der Waals surface area contributed by atoms with Crippen molar-refractivity contribution in [2.45, 2.75) is 45.3 Å². The molecule has 0 unspecified atom stereocenters. The lowest BCUT2D eigenvalue weighted by Gasteiger charge is -2.33. The zero-order valence-corrected chi connectivity index (χ0v) is 16.8. The predicted molar refractivity (Wildman–Crippen MR) is 102 cm³/mol. The van der Waals surface area contributed by atoms with Gasteiger partial charge in [0.25, 0.3) is 0 Å². The maximum atomic E-state index is 13.7. The van der Waals surface area contributed by atoms with E-state index in [0.717, 1.165) is 4.47 Å². The third-order valence-corrected chi connectivity index (χ3v) is 4.36. The van der Waals surface area contributed by atoms with E-state index in [-0.39, 0.29) is 23.9 Å². The van der Waals surface area contributed by atoms with Crippen molar-refractivity contribution in [2.75, 3.05) is 13.1 Å². The Bertz CT molecular complexity index is 693. The first kappa shape index (κ1) is 20.4. The Kier molecular flexibility index (Phi) is 6.81. The second-order valence-electron chi connectivity index (χ2n) is 7.25. The Morgan fingerprint density at radius 2 is 1.96 bits per heavy atom. The summed E-state index contributed by atoms with van der Waals surface area (Å²) >= 11 is 3.27. The van der Waals surface area contributed by atoms with Gasteiger partial charge in [-0.1, -0.05) is 15.9 Å². The molecule has 1 saturated heterocycles. The van der Waals surface area contributed by atoms with Gasteiger partial charge < -0.3 is 15.0 Å². The molecule has 142 valence electrons. The van der Waals surface area contributed by atoms with Gasteiger partial charge in [0.1, 0.15) is 11.4 Å². The van der Waals surface area contributed by atoms with Gasteiger partial charge in [0.05, 0.1) is 0 Å². The summed E-state index contributed by atoms with van der Waals surface area (Å²) in [6.45, 7) is 6.56. The van der Waals surface area contributed by atoms with Crippen molar-refractivity contribution in [1.29, 1.82) is 0 Å². The van der Waals surface area contributed by atoms with Crippen LogP contribution in [0.15, 0.2) is 28.7 Å². The van der Waals surface area contributed by atoms with E-state index in [4.69, 9.17) is 4.74 Å². The highest BCUT2D eigenvalue weighted by molar-refractivity contribution is 9.10. The number of benzene rings is 1. The smallest absolute Gasteiger partial charge is 0.410 e. The summed E-state index contributed by atoms with van der Waals surface area (Å²) in [6.07, 6.45) is 3.76. The lowest BCUT2D eigenvalue weighted by atomic mass is 10.1. The first-order chi connectivity index (χ1) is 12.1. The number of nitrogens with zero attached hydrogens (tertiary/aromatic N) is 1. The third-order valence-electron chi connectivity index (χ3n) is 3.87.